The molecule has 0 saturated carbocycles. The Balaban J connectivity index is 1.74. The van der Waals surface area contributed by atoms with Gasteiger partial charge < -0.3 is 10.1 Å². The smallest absolute Gasteiger partial charge is 0.224 e. The zero-order chi connectivity index (χ0) is 15.9. The maximum absolute atomic E-state index is 12.0. The molecule has 6 nitrogen and oxygen atoms in total. The summed E-state index contributed by atoms with van der Waals surface area (Å²) in [6.07, 6.45) is 2.97. The molecule has 2 rings (SSSR count). The van der Waals surface area contributed by atoms with E-state index in [1.54, 1.807) is 11.0 Å². The molecule has 22 heavy (non-hydrogen) atoms. The zero-order valence-electron chi connectivity index (χ0n) is 13.2. The number of rotatable bonds is 7. The van der Waals surface area contributed by atoms with Gasteiger partial charge in [-0.15, -0.1) is 0 Å². The number of carbonyl (C=O) groups is 1. The molecule has 1 aromatic carbocycles. The summed E-state index contributed by atoms with van der Waals surface area (Å²) in [6.45, 7) is 6.81. The predicted octanol–water partition coefficient (Wildman–Crippen LogP) is 1.81. The fraction of sp³-hybridized carbons (Fsp3) is 0.438. The third-order valence-corrected chi connectivity index (χ3v) is 3.30. The van der Waals surface area contributed by atoms with Crippen LogP contribution in [0.15, 0.2) is 36.9 Å². The second-order valence-corrected chi connectivity index (χ2v) is 5.51. The van der Waals surface area contributed by atoms with Crippen molar-refractivity contribution in [2.24, 2.45) is 5.92 Å². The zero-order valence-corrected chi connectivity index (χ0v) is 13.2. The average molecular weight is 302 g/mol. The minimum atomic E-state index is -0.173. The highest BCUT2D eigenvalue weighted by atomic mass is 16.5. The Morgan fingerprint density at radius 1 is 1.32 bits per heavy atom. The molecule has 2 aromatic rings. The molecule has 0 saturated heterocycles. The SMILES string of the molecule is Cc1ccc(O[C@H](C)CNC(=O)[C@@H](C)Cn2cncn2)cc1. The topological polar surface area (TPSA) is 69.0 Å². The second-order valence-electron chi connectivity index (χ2n) is 5.51. The summed E-state index contributed by atoms with van der Waals surface area (Å²) in [6, 6.07) is 7.86. The minimum absolute atomic E-state index is 0.0187. The first kappa shape index (κ1) is 16.0. The quantitative estimate of drug-likeness (QED) is 0.847. The summed E-state index contributed by atoms with van der Waals surface area (Å²) in [7, 11) is 0. The summed E-state index contributed by atoms with van der Waals surface area (Å²) >= 11 is 0. The van der Waals surface area contributed by atoms with Crippen LogP contribution in [0.1, 0.15) is 19.4 Å². The van der Waals surface area contributed by atoms with Crippen molar-refractivity contribution in [3.05, 3.63) is 42.5 Å². The number of hydrogen-bond donors (Lipinski definition) is 1. The number of ether oxygens (including phenoxy) is 1. The van der Waals surface area contributed by atoms with Crippen LogP contribution in [0.25, 0.3) is 0 Å². The number of amides is 1. The van der Waals surface area contributed by atoms with Crippen LogP contribution in [0.2, 0.25) is 0 Å². The number of nitrogens with zero attached hydrogens (tertiary/aromatic N) is 3. The van der Waals surface area contributed by atoms with Gasteiger partial charge in [0, 0.05) is 0 Å². The maximum atomic E-state index is 12.0. The molecule has 0 aliphatic heterocycles. The molecule has 6 heteroatoms. The van der Waals surface area contributed by atoms with Crippen molar-refractivity contribution in [1.29, 1.82) is 0 Å². The first-order chi connectivity index (χ1) is 10.5. The van der Waals surface area contributed by atoms with Crippen molar-refractivity contribution in [2.45, 2.75) is 33.4 Å². The fourth-order valence-electron chi connectivity index (χ4n) is 2.00. The highest BCUT2D eigenvalue weighted by Crippen LogP contribution is 2.13. The third kappa shape index (κ3) is 4.87. The number of aromatic nitrogens is 3. The summed E-state index contributed by atoms with van der Waals surface area (Å²) in [4.78, 5) is 15.9. The van der Waals surface area contributed by atoms with E-state index in [0.29, 0.717) is 13.1 Å². The van der Waals surface area contributed by atoms with Crippen LogP contribution in [0, 0.1) is 12.8 Å². The van der Waals surface area contributed by atoms with Gasteiger partial charge in [0.05, 0.1) is 19.0 Å². The van der Waals surface area contributed by atoms with Gasteiger partial charge in [-0.25, -0.2) is 4.98 Å². The van der Waals surface area contributed by atoms with Crippen LogP contribution in [-0.4, -0.2) is 33.3 Å². The van der Waals surface area contributed by atoms with Crippen LogP contribution < -0.4 is 10.1 Å². The Morgan fingerprint density at radius 2 is 2.05 bits per heavy atom. The van der Waals surface area contributed by atoms with Gasteiger partial charge in [-0.2, -0.15) is 5.10 Å². The van der Waals surface area contributed by atoms with Crippen LogP contribution in [0.3, 0.4) is 0 Å². The lowest BCUT2D eigenvalue weighted by molar-refractivity contribution is -0.125. The molecule has 0 aliphatic carbocycles. The molecule has 0 spiro atoms. The lowest BCUT2D eigenvalue weighted by atomic mass is 10.1. The van der Waals surface area contributed by atoms with Gasteiger partial charge in [-0.3, -0.25) is 9.48 Å². The number of hydrogen-bond acceptors (Lipinski definition) is 4. The lowest BCUT2D eigenvalue weighted by Gasteiger charge is -2.17. The number of benzene rings is 1. The molecule has 0 fully saturated rings. The van der Waals surface area contributed by atoms with Gasteiger partial charge in [0.1, 0.15) is 24.5 Å². The van der Waals surface area contributed by atoms with Gasteiger partial charge in [0.15, 0.2) is 0 Å². The van der Waals surface area contributed by atoms with E-state index in [1.165, 1.54) is 11.9 Å². The molecule has 1 amide bonds. The lowest BCUT2D eigenvalue weighted by Crippen LogP contribution is -2.37. The van der Waals surface area contributed by atoms with E-state index in [9.17, 15) is 4.79 Å². The number of aryl methyl sites for hydroxylation is 1. The first-order valence-electron chi connectivity index (χ1n) is 7.38. The monoisotopic (exact) mass is 302 g/mol. The van der Waals surface area contributed by atoms with E-state index in [-0.39, 0.29) is 17.9 Å². The molecule has 0 bridgehead atoms. The first-order valence-corrected chi connectivity index (χ1v) is 7.38. The van der Waals surface area contributed by atoms with Crippen molar-refractivity contribution < 1.29 is 9.53 Å². The maximum Gasteiger partial charge on any atom is 0.224 e. The van der Waals surface area contributed by atoms with Crippen LogP contribution in [0.5, 0.6) is 5.75 Å². The normalized spacial score (nSPS) is 13.4. The molecule has 2 atom stereocenters. The van der Waals surface area contributed by atoms with E-state index in [4.69, 9.17) is 4.74 Å². The molecular weight excluding hydrogens is 280 g/mol. The van der Waals surface area contributed by atoms with E-state index in [1.807, 2.05) is 45.0 Å². The predicted molar refractivity (Wildman–Crippen MR) is 83.5 cm³/mol. The fourth-order valence-corrected chi connectivity index (χ4v) is 2.00. The molecule has 1 N–H and O–H groups in total. The summed E-state index contributed by atoms with van der Waals surface area (Å²) < 4.78 is 7.41. The second kappa shape index (κ2) is 7.59. The Kier molecular flexibility index (Phi) is 5.52. The Morgan fingerprint density at radius 3 is 2.68 bits per heavy atom. The largest absolute Gasteiger partial charge is 0.489 e. The van der Waals surface area contributed by atoms with E-state index < -0.39 is 0 Å². The molecule has 1 heterocycles. The van der Waals surface area contributed by atoms with E-state index >= 15 is 0 Å². The van der Waals surface area contributed by atoms with Crippen molar-refractivity contribution in [3.63, 3.8) is 0 Å². The number of nitrogens with one attached hydrogen (secondary N) is 1. The van der Waals surface area contributed by atoms with Crippen molar-refractivity contribution in [3.8, 4) is 5.75 Å². The average Bonchev–Trinajstić information content (AvgIpc) is 3.00. The highest BCUT2D eigenvalue weighted by Gasteiger charge is 2.15. The van der Waals surface area contributed by atoms with Gasteiger partial charge in [-0.05, 0) is 26.0 Å². The van der Waals surface area contributed by atoms with E-state index in [2.05, 4.69) is 15.4 Å². The molecule has 118 valence electrons. The summed E-state index contributed by atoms with van der Waals surface area (Å²) in [5.41, 5.74) is 1.19. The molecule has 1 aromatic heterocycles. The number of carbonyl (C=O) groups excluding carboxylic acids is 1. The van der Waals surface area contributed by atoms with Crippen molar-refractivity contribution >= 4 is 5.91 Å². The molecule has 0 radical (unpaired) electrons. The van der Waals surface area contributed by atoms with Gasteiger partial charge in [0.2, 0.25) is 5.91 Å². The van der Waals surface area contributed by atoms with Crippen LogP contribution >= 0.6 is 0 Å². The standard InChI is InChI=1S/C16H22N4O2/c1-12-4-6-15(7-5-12)22-14(3)8-18-16(21)13(2)9-20-11-17-10-19-20/h4-7,10-11,13-14H,8-9H2,1-3H3,(H,18,21)/t13-,14+/m0/s1. The van der Waals surface area contributed by atoms with Gasteiger partial charge >= 0.3 is 0 Å². The van der Waals surface area contributed by atoms with Crippen LogP contribution in [-0.2, 0) is 11.3 Å². The molecular formula is C16H22N4O2. The summed E-state index contributed by atoms with van der Waals surface area (Å²) in [5, 5.41) is 6.90. The van der Waals surface area contributed by atoms with Crippen molar-refractivity contribution in [1.82, 2.24) is 20.1 Å². The van der Waals surface area contributed by atoms with Crippen molar-refractivity contribution in [2.75, 3.05) is 6.54 Å². The van der Waals surface area contributed by atoms with E-state index in [0.717, 1.165) is 5.75 Å². The van der Waals surface area contributed by atoms with Crippen LogP contribution in [0.4, 0.5) is 0 Å². The molecule has 0 unspecified atom stereocenters. The van der Waals surface area contributed by atoms with Gasteiger partial charge in [-0.1, -0.05) is 24.6 Å². The molecule has 0 aliphatic rings. The third-order valence-electron chi connectivity index (χ3n) is 3.30. The minimum Gasteiger partial charge on any atom is -0.489 e. The Hall–Kier alpha value is -2.37. The Bertz CT molecular complexity index is 581. The summed E-state index contributed by atoms with van der Waals surface area (Å²) in [5.74, 6) is 0.617. The highest BCUT2D eigenvalue weighted by molar-refractivity contribution is 5.78. The Labute approximate surface area is 130 Å². The van der Waals surface area contributed by atoms with Gasteiger partial charge in [0.25, 0.3) is 0 Å².